The lowest BCUT2D eigenvalue weighted by molar-refractivity contribution is 0.117. The van der Waals surface area contributed by atoms with Crippen LogP contribution in [0.2, 0.25) is 0 Å². The zero-order chi connectivity index (χ0) is 11.3. The quantitative estimate of drug-likeness (QED) is 0.787. The maximum Gasteiger partial charge on any atom is 0.0140 e. The van der Waals surface area contributed by atoms with Gasteiger partial charge in [0.15, 0.2) is 0 Å². The summed E-state index contributed by atoms with van der Waals surface area (Å²) in [5.41, 5.74) is 0.652. The van der Waals surface area contributed by atoms with E-state index in [1.54, 1.807) is 0 Å². The topological polar surface area (TPSA) is 15.3 Å². The summed E-state index contributed by atoms with van der Waals surface area (Å²) in [7, 11) is 0. The van der Waals surface area contributed by atoms with Crippen molar-refractivity contribution >= 4 is 0 Å². The number of rotatable bonds is 3. The summed E-state index contributed by atoms with van der Waals surface area (Å²) in [6.45, 7) is 11.2. The molecule has 2 nitrogen and oxygen atoms in total. The Morgan fingerprint density at radius 3 is 2.75 bits per heavy atom. The predicted octanol–water partition coefficient (Wildman–Crippen LogP) is 2.10. The summed E-state index contributed by atoms with van der Waals surface area (Å²) in [6.07, 6.45) is 4.24. The smallest absolute Gasteiger partial charge is 0.0140 e. The molecule has 0 aromatic rings. The number of likely N-dealkylation sites (tertiary alicyclic amines) is 1. The molecule has 1 aliphatic carbocycles. The average molecular weight is 222 g/mol. The van der Waals surface area contributed by atoms with Crippen LogP contribution in [0.25, 0.3) is 0 Å². The number of nitrogens with zero attached hydrogens (tertiary/aromatic N) is 1. The van der Waals surface area contributed by atoms with E-state index < -0.39 is 0 Å². The third-order valence-electron chi connectivity index (χ3n) is 5.72. The standard InChI is InChI=1S/C14H26N2/c1-4-13-12-8-15-7-11(12)9-16(13)10(2)14(3)5-6-14/h10-13,15H,4-9H2,1-3H3. The van der Waals surface area contributed by atoms with Gasteiger partial charge in [-0.05, 0) is 56.5 Å². The van der Waals surface area contributed by atoms with E-state index in [4.69, 9.17) is 0 Å². The van der Waals surface area contributed by atoms with Crippen molar-refractivity contribution in [3.8, 4) is 0 Å². The van der Waals surface area contributed by atoms with Gasteiger partial charge in [-0.2, -0.15) is 0 Å². The molecule has 4 unspecified atom stereocenters. The molecule has 1 saturated carbocycles. The van der Waals surface area contributed by atoms with Crippen molar-refractivity contribution < 1.29 is 0 Å². The van der Waals surface area contributed by atoms with Gasteiger partial charge in [-0.25, -0.2) is 0 Å². The number of nitrogens with one attached hydrogen (secondary N) is 1. The highest BCUT2D eigenvalue weighted by molar-refractivity contribution is 5.05. The van der Waals surface area contributed by atoms with Crippen LogP contribution >= 0.6 is 0 Å². The first-order valence-electron chi connectivity index (χ1n) is 7.12. The second kappa shape index (κ2) is 3.71. The Labute approximate surface area is 99.8 Å². The molecule has 4 atom stereocenters. The summed E-state index contributed by atoms with van der Waals surface area (Å²) in [4.78, 5) is 2.85. The summed E-state index contributed by atoms with van der Waals surface area (Å²) < 4.78 is 0. The third kappa shape index (κ3) is 1.53. The molecule has 92 valence electrons. The molecule has 3 fully saturated rings. The predicted molar refractivity (Wildman–Crippen MR) is 67.4 cm³/mol. The molecule has 0 radical (unpaired) electrons. The Kier molecular flexibility index (Phi) is 2.56. The van der Waals surface area contributed by atoms with Crippen molar-refractivity contribution in [2.75, 3.05) is 19.6 Å². The van der Waals surface area contributed by atoms with E-state index in [1.807, 2.05) is 0 Å². The highest BCUT2D eigenvalue weighted by Crippen LogP contribution is 2.52. The van der Waals surface area contributed by atoms with Crippen LogP contribution in [-0.4, -0.2) is 36.6 Å². The second-order valence-electron chi connectivity index (χ2n) is 6.58. The molecule has 2 aliphatic heterocycles. The van der Waals surface area contributed by atoms with Gasteiger partial charge in [0.2, 0.25) is 0 Å². The minimum atomic E-state index is 0.652. The number of hydrogen-bond donors (Lipinski definition) is 1. The van der Waals surface area contributed by atoms with Crippen LogP contribution in [0.15, 0.2) is 0 Å². The van der Waals surface area contributed by atoms with Crippen LogP contribution in [0.5, 0.6) is 0 Å². The molecule has 0 aromatic carbocycles. The normalized spacial score (nSPS) is 43.3. The summed E-state index contributed by atoms with van der Waals surface area (Å²) >= 11 is 0. The van der Waals surface area contributed by atoms with Crippen LogP contribution in [-0.2, 0) is 0 Å². The van der Waals surface area contributed by atoms with Crippen molar-refractivity contribution in [1.29, 1.82) is 0 Å². The first-order valence-corrected chi connectivity index (χ1v) is 7.12. The van der Waals surface area contributed by atoms with E-state index >= 15 is 0 Å². The van der Waals surface area contributed by atoms with Crippen molar-refractivity contribution in [2.45, 2.75) is 52.1 Å². The maximum absolute atomic E-state index is 3.58. The largest absolute Gasteiger partial charge is 0.316 e. The van der Waals surface area contributed by atoms with Crippen LogP contribution in [0.4, 0.5) is 0 Å². The number of hydrogen-bond acceptors (Lipinski definition) is 2. The third-order valence-corrected chi connectivity index (χ3v) is 5.72. The molecular weight excluding hydrogens is 196 g/mol. The van der Waals surface area contributed by atoms with Gasteiger partial charge >= 0.3 is 0 Å². The monoisotopic (exact) mass is 222 g/mol. The van der Waals surface area contributed by atoms with Crippen LogP contribution in [0.3, 0.4) is 0 Å². The van der Waals surface area contributed by atoms with Crippen molar-refractivity contribution in [1.82, 2.24) is 10.2 Å². The number of fused-ring (bicyclic) bond motifs is 1. The van der Waals surface area contributed by atoms with Crippen LogP contribution in [0.1, 0.15) is 40.0 Å². The van der Waals surface area contributed by atoms with E-state index in [1.165, 1.54) is 38.9 Å². The van der Waals surface area contributed by atoms with Gasteiger partial charge in [0.1, 0.15) is 0 Å². The van der Waals surface area contributed by atoms with Crippen molar-refractivity contribution in [3.05, 3.63) is 0 Å². The lowest BCUT2D eigenvalue weighted by atomic mass is 9.92. The molecule has 0 amide bonds. The first-order chi connectivity index (χ1) is 7.65. The van der Waals surface area contributed by atoms with E-state index in [0.717, 1.165) is 23.9 Å². The molecule has 3 rings (SSSR count). The summed E-state index contributed by atoms with van der Waals surface area (Å²) in [6, 6.07) is 1.66. The Morgan fingerprint density at radius 1 is 1.38 bits per heavy atom. The second-order valence-corrected chi connectivity index (χ2v) is 6.58. The van der Waals surface area contributed by atoms with E-state index in [-0.39, 0.29) is 0 Å². The van der Waals surface area contributed by atoms with Gasteiger partial charge in [-0.3, -0.25) is 4.90 Å². The minimum absolute atomic E-state index is 0.652. The van der Waals surface area contributed by atoms with Gasteiger partial charge in [0.05, 0.1) is 0 Å². The lowest BCUT2D eigenvalue weighted by Gasteiger charge is -2.36. The highest BCUT2D eigenvalue weighted by Gasteiger charge is 2.51. The zero-order valence-corrected chi connectivity index (χ0v) is 11.0. The fourth-order valence-corrected chi connectivity index (χ4v) is 4.05. The molecule has 1 N–H and O–H groups in total. The zero-order valence-electron chi connectivity index (χ0n) is 11.0. The van der Waals surface area contributed by atoms with E-state index in [9.17, 15) is 0 Å². The molecular formula is C14H26N2. The molecule has 0 bridgehead atoms. The Balaban J connectivity index is 1.75. The molecule has 2 heterocycles. The van der Waals surface area contributed by atoms with Gasteiger partial charge in [0.25, 0.3) is 0 Å². The van der Waals surface area contributed by atoms with Gasteiger partial charge in [-0.1, -0.05) is 13.8 Å². The SMILES string of the molecule is CCC1C2CNCC2CN1C(C)C1(C)CC1. The fraction of sp³-hybridized carbons (Fsp3) is 1.00. The Morgan fingerprint density at radius 2 is 2.12 bits per heavy atom. The van der Waals surface area contributed by atoms with E-state index in [2.05, 4.69) is 31.0 Å². The van der Waals surface area contributed by atoms with Crippen molar-refractivity contribution in [2.24, 2.45) is 17.3 Å². The first kappa shape index (κ1) is 11.0. The molecule has 0 spiro atoms. The van der Waals surface area contributed by atoms with Gasteiger partial charge < -0.3 is 5.32 Å². The van der Waals surface area contributed by atoms with Gasteiger partial charge in [0, 0.05) is 18.6 Å². The van der Waals surface area contributed by atoms with Crippen LogP contribution in [0, 0.1) is 17.3 Å². The minimum Gasteiger partial charge on any atom is -0.316 e. The van der Waals surface area contributed by atoms with Crippen molar-refractivity contribution in [3.63, 3.8) is 0 Å². The average Bonchev–Trinajstić information content (AvgIpc) is 2.76. The molecule has 2 saturated heterocycles. The lowest BCUT2D eigenvalue weighted by Crippen LogP contribution is -2.44. The Hall–Kier alpha value is -0.0800. The maximum atomic E-state index is 3.58. The van der Waals surface area contributed by atoms with E-state index in [0.29, 0.717) is 5.41 Å². The molecule has 16 heavy (non-hydrogen) atoms. The van der Waals surface area contributed by atoms with Crippen LogP contribution < -0.4 is 5.32 Å². The molecule has 0 aromatic heterocycles. The molecule has 2 heteroatoms. The highest BCUT2D eigenvalue weighted by atomic mass is 15.2. The Bertz CT molecular complexity index is 272. The summed E-state index contributed by atoms with van der Waals surface area (Å²) in [5, 5.41) is 3.58. The fourth-order valence-electron chi connectivity index (χ4n) is 4.05. The summed E-state index contributed by atoms with van der Waals surface area (Å²) in [5.74, 6) is 1.88. The molecule has 3 aliphatic rings. The van der Waals surface area contributed by atoms with Gasteiger partial charge in [-0.15, -0.1) is 0 Å².